The van der Waals surface area contributed by atoms with Gasteiger partial charge in [0.05, 0.1) is 0 Å². The smallest absolute Gasteiger partial charge is 0.273 e. The largest absolute Gasteiger partial charge is 0.289 e. The molecule has 0 atom stereocenters. The van der Waals surface area contributed by atoms with E-state index < -0.39 is 21.7 Å². The molecule has 0 fully saturated rings. The molecule has 2 aliphatic rings. The van der Waals surface area contributed by atoms with E-state index in [9.17, 15) is 19.2 Å². The molecule has 2 rings (SSSR count). The van der Waals surface area contributed by atoms with Crippen LogP contribution in [0.15, 0.2) is 43.4 Å². The van der Waals surface area contributed by atoms with Crippen molar-refractivity contribution in [3.05, 3.63) is 65.2 Å². The van der Waals surface area contributed by atoms with Crippen LogP contribution >= 0.6 is 0 Å². The zero-order valence-corrected chi connectivity index (χ0v) is 6.94. The molecule has 0 aliphatic heterocycles. The van der Waals surface area contributed by atoms with Gasteiger partial charge < -0.3 is 0 Å². The molecule has 0 spiro atoms. The molecule has 0 amide bonds. The van der Waals surface area contributed by atoms with E-state index in [0.29, 0.717) is 0 Å². The van der Waals surface area contributed by atoms with Crippen molar-refractivity contribution < 1.29 is 0 Å². The molecule has 0 heterocycles. The van der Waals surface area contributed by atoms with E-state index in [1.165, 1.54) is 18.2 Å². The van der Waals surface area contributed by atoms with E-state index in [-0.39, 0.29) is 11.1 Å². The summed E-state index contributed by atoms with van der Waals surface area (Å²) in [6.07, 6.45) is 0. The van der Waals surface area contributed by atoms with Crippen LogP contribution in [0.25, 0.3) is 11.1 Å². The lowest BCUT2D eigenvalue weighted by Gasteiger charge is -1.97. The van der Waals surface area contributed by atoms with Gasteiger partial charge in [0.1, 0.15) is 0 Å². The third kappa shape index (κ3) is 1.01. The van der Waals surface area contributed by atoms with Gasteiger partial charge in [-0.25, -0.2) is 0 Å². The van der Waals surface area contributed by atoms with E-state index in [4.69, 9.17) is 0 Å². The Kier molecular flexibility index (Phi) is 1.64. The molecule has 68 valence electrons. The highest BCUT2D eigenvalue weighted by atomic mass is 16.2. The predicted molar refractivity (Wildman–Crippen MR) is 50.5 cm³/mol. The maximum absolute atomic E-state index is 11.2. The highest BCUT2D eigenvalue weighted by molar-refractivity contribution is 5.64. The number of fused-ring (bicyclic) bond motifs is 1. The molecule has 4 heteroatoms. The van der Waals surface area contributed by atoms with Crippen molar-refractivity contribution in [2.45, 2.75) is 0 Å². The highest BCUT2D eigenvalue weighted by Gasteiger charge is 2.13. The first-order valence-electron chi connectivity index (χ1n) is 3.89. The molecule has 0 aromatic carbocycles. The predicted octanol–water partition coefficient (Wildman–Crippen LogP) is -0.892. The van der Waals surface area contributed by atoms with Crippen molar-refractivity contribution in [3.63, 3.8) is 0 Å². The van der Waals surface area contributed by atoms with Crippen LogP contribution in [0.3, 0.4) is 0 Å². The SMILES string of the molecule is O=c1cccc2c(=O)c(=O)c(=O)cc1-2. The summed E-state index contributed by atoms with van der Waals surface area (Å²) in [4.78, 5) is 44.4. The minimum absolute atomic E-state index is 0.0158. The van der Waals surface area contributed by atoms with Gasteiger partial charge in [0.2, 0.25) is 10.9 Å². The van der Waals surface area contributed by atoms with Crippen molar-refractivity contribution in [3.8, 4) is 11.1 Å². The van der Waals surface area contributed by atoms with Crippen molar-refractivity contribution in [2.75, 3.05) is 0 Å². The third-order valence-corrected chi connectivity index (χ3v) is 2.02. The van der Waals surface area contributed by atoms with Gasteiger partial charge in [0.25, 0.3) is 5.43 Å². The number of hydrogen-bond acceptors (Lipinski definition) is 4. The lowest BCUT2D eigenvalue weighted by molar-refractivity contribution is 1.37. The lowest BCUT2D eigenvalue weighted by atomic mass is 10.0. The fraction of sp³-hybridized carbons (Fsp3) is 0. The maximum Gasteiger partial charge on any atom is 0.273 e. The third-order valence-electron chi connectivity index (χ3n) is 2.02. The Morgan fingerprint density at radius 3 is 2.14 bits per heavy atom. The summed E-state index contributed by atoms with van der Waals surface area (Å²) in [5.41, 5.74) is -3.29. The van der Waals surface area contributed by atoms with Crippen LogP contribution in [0.4, 0.5) is 0 Å². The fourth-order valence-corrected chi connectivity index (χ4v) is 1.32. The van der Waals surface area contributed by atoms with Gasteiger partial charge >= 0.3 is 0 Å². The lowest BCUT2D eigenvalue weighted by Crippen LogP contribution is -2.39. The van der Waals surface area contributed by atoms with Crippen LogP contribution < -0.4 is 21.7 Å². The molecule has 0 saturated carbocycles. The second-order valence-corrected chi connectivity index (χ2v) is 2.88. The maximum atomic E-state index is 11.2. The Morgan fingerprint density at radius 1 is 0.714 bits per heavy atom. The van der Waals surface area contributed by atoms with Crippen molar-refractivity contribution in [1.82, 2.24) is 0 Å². The Bertz CT molecular complexity index is 662. The summed E-state index contributed by atoms with van der Waals surface area (Å²) in [6, 6.07) is 4.91. The molecule has 0 unspecified atom stereocenters. The second kappa shape index (κ2) is 2.70. The zero-order valence-electron chi connectivity index (χ0n) is 6.94. The van der Waals surface area contributed by atoms with Crippen LogP contribution in [0.2, 0.25) is 0 Å². The average Bonchev–Trinajstić information content (AvgIpc) is 2.17. The van der Waals surface area contributed by atoms with Crippen LogP contribution in [0, 0.1) is 0 Å². The Morgan fingerprint density at radius 2 is 1.43 bits per heavy atom. The first-order chi connectivity index (χ1) is 6.61. The van der Waals surface area contributed by atoms with E-state index in [0.717, 1.165) is 6.07 Å². The molecule has 14 heavy (non-hydrogen) atoms. The Hall–Kier alpha value is -2.10. The second-order valence-electron chi connectivity index (χ2n) is 2.88. The van der Waals surface area contributed by atoms with Crippen LogP contribution in [-0.4, -0.2) is 0 Å². The monoisotopic (exact) mass is 188 g/mol. The van der Waals surface area contributed by atoms with Gasteiger partial charge in [0.15, 0.2) is 5.43 Å². The summed E-state index contributed by atoms with van der Waals surface area (Å²) < 4.78 is 0. The van der Waals surface area contributed by atoms with E-state index >= 15 is 0 Å². The van der Waals surface area contributed by atoms with E-state index in [1.54, 1.807) is 0 Å². The van der Waals surface area contributed by atoms with Crippen molar-refractivity contribution >= 4 is 0 Å². The fourth-order valence-electron chi connectivity index (χ4n) is 1.32. The number of hydrogen-bond donors (Lipinski definition) is 0. The summed E-state index contributed by atoms with van der Waals surface area (Å²) >= 11 is 0. The van der Waals surface area contributed by atoms with Gasteiger partial charge in [-0.15, -0.1) is 0 Å². The van der Waals surface area contributed by atoms with E-state index in [2.05, 4.69) is 0 Å². The first-order valence-corrected chi connectivity index (χ1v) is 3.89. The molecule has 0 N–H and O–H groups in total. The number of benzene rings is 2. The van der Waals surface area contributed by atoms with Crippen molar-refractivity contribution in [1.29, 1.82) is 0 Å². The van der Waals surface area contributed by atoms with Crippen LogP contribution in [-0.2, 0) is 0 Å². The summed E-state index contributed by atoms with van der Waals surface area (Å²) in [5, 5.41) is 0. The molecule has 4 nitrogen and oxygen atoms in total. The van der Waals surface area contributed by atoms with Crippen LogP contribution in [0.5, 0.6) is 0 Å². The molecule has 0 aromatic heterocycles. The summed E-state index contributed by atoms with van der Waals surface area (Å²) in [5.74, 6) is 0. The van der Waals surface area contributed by atoms with E-state index in [1.807, 2.05) is 0 Å². The quantitative estimate of drug-likeness (QED) is 0.503. The molecule has 2 aliphatic carbocycles. The molecular weight excluding hydrogens is 184 g/mol. The molecule has 0 aromatic rings. The van der Waals surface area contributed by atoms with Gasteiger partial charge in [-0.05, 0) is 6.07 Å². The zero-order chi connectivity index (χ0) is 10.3. The standard InChI is InChI=1S/C10H4O4/c11-7-3-1-2-5-6(7)4-8(12)10(14)9(5)13/h1-4H. The molecule has 0 bridgehead atoms. The minimum atomic E-state index is -1.08. The topological polar surface area (TPSA) is 68.3 Å². The number of rotatable bonds is 0. The van der Waals surface area contributed by atoms with Gasteiger partial charge in [-0.1, -0.05) is 12.1 Å². The first kappa shape index (κ1) is 8.50. The average molecular weight is 188 g/mol. The van der Waals surface area contributed by atoms with Crippen LogP contribution in [0.1, 0.15) is 0 Å². The molecule has 0 radical (unpaired) electrons. The Balaban J connectivity index is 3.21. The summed E-state index contributed by atoms with van der Waals surface area (Å²) in [7, 11) is 0. The molecular formula is C10H4O4. The molecule has 0 saturated heterocycles. The van der Waals surface area contributed by atoms with Crippen molar-refractivity contribution in [2.24, 2.45) is 0 Å². The van der Waals surface area contributed by atoms with Gasteiger partial charge in [-0.2, -0.15) is 0 Å². The Labute approximate surface area is 77.1 Å². The summed E-state index contributed by atoms with van der Waals surface area (Å²) in [6.45, 7) is 0. The van der Waals surface area contributed by atoms with Gasteiger partial charge in [-0.3, -0.25) is 19.2 Å². The normalized spacial score (nSPS) is 10.6. The minimum Gasteiger partial charge on any atom is -0.289 e. The van der Waals surface area contributed by atoms with Gasteiger partial charge in [0, 0.05) is 17.2 Å². The highest BCUT2D eigenvalue weighted by Crippen LogP contribution is 2.06.